The highest BCUT2D eigenvalue weighted by atomic mass is 16.5. The zero-order chi connectivity index (χ0) is 22.5. The van der Waals surface area contributed by atoms with Crippen LogP contribution in [0.2, 0.25) is 0 Å². The van der Waals surface area contributed by atoms with Gasteiger partial charge < -0.3 is 14.8 Å². The first-order chi connectivity index (χ1) is 15.6. The molecule has 0 aliphatic carbocycles. The second-order valence-electron chi connectivity index (χ2n) is 7.13. The van der Waals surface area contributed by atoms with E-state index in [2.05, 4.69) is 20.4 Å². The van der Waals surface area contributed by atoms with Gasteiger partial charge in [-0.25, -0.2) is 0 Å². The van der Waals surface area contributed by atoms with Gasteiger partial charge in [0.2, 0.25) is 5.95 Å². The van der Waals surface area contributed by atoms with E-state index in [0.29, 0.717) is 35.4 Å². The Labute approximate surface area is 185 Å². The summed E-state index contributed by atoms with van der Waals surface area (Å²) in [4.78, 5) is 21.9. The first-order valence-electron chi connectivity index (χ1n) is 10.0. The van der Waals surface area contributed by atoms with Gasteiger partial charge in [0.05, 0.1) is 14.2 Å². The third-order valence-corrected chi connectivity index (χ3v) is 4.88. The van der Waals surface area contributed by atoms with Crippen LogP contribution in [0.25, 0.3) is 11.4 Å². The number of nitrogens with zero attached hydrogens (tertiary/aromatic N) is 4. The van der Waals surface area contributed by atoms with E-state index in [9.17, 15) is 4.79 Å². The minimum atomic E-state index is -0.272. The predicted octanol–water partition coefficient (Wildman–Crippen LogP) is 3.97. The largest absolute Gasteiger partial charge is 0.493 e. The van der Waals surface area contributed by atoms with E-state index in [-0.39, 0.29) is 5.91 Å². The van der Waals surface area contributed by atoms with Crippen molar-refractivity contribution in [2.24, 2.45) is 0 Å². The molecule has 162 valence electrons. The second-order valence-corrected chi connectivity index (χ2v) is 7.13. The molecule has 2 aromatic carbocycles. The van der Waals surface area contributed by atoms with Crippen LogP contribution in [0.4, 0.5) is 5.95 Å². The molecule has 0 saturated carbocycles. The molecule has 0 atom stereocenters. The number of aryl methyl sites for hydroxylation is 1. The number of anilines is 1. The summed E-state index contributed by atoms with van der Waals surface area (Å²) in [7, 11) is 3.18. The molecule has 4 rings (SSSR count). The van der Waals surface area contributed by atoms with Crippen molar-refractivity contribution < 1.29 is 14.3 Å². The number of methoxy groups -OCH3 is 2. The summed E-state index contributed by atoms with van der Waals surface area (Å²) in [5.41, 5.74) is 3.17. The molecule has 0 radical (unpaired) electrons. The van der Waals surface area contributed by atoms with Gasteiger partial charge in [-0.2, -0.15) is 9.67 Å². The van der Waals surface area contributed by atoms with Crippen molar-refractivity contribution in [2.75, 3.05) is 19.5 Å². The first kappa shape index (κ1) is 21.0. The van der Waals surface area contributed by atoms with Gasteiger partial charge >= 0.3 is 0 Å². The SMILES string of the molecule is COc1ccc(CNc2nc(-c3cccnc3)nn2C(=O)c2cccc(C)c2)cc1OC. The number of carbonyl (C=O) groups excluding carboxylic acids is 1. The van der Waals surface area contributed by atoms with E-state index < -0.39 is 0 Å². The summed E-state index contributed by atoms with van der Waals surface area (Å²) in [5, 5.41) is 7.69. The summed E-state index contributed by atoms with van der Waals surface area (Å²) in [6, 6.07) is 16.6. The molecule has 0 fully saturated rings. The Morgan fingerprint density at radius 1 is 1.03 bits per heavy atom. The second kappa shape index (κ2) is 9.30. The van der Waals surface area contributed by atoms with Crippen molar-refractivity contribution >= 4 is 11.9 Å². The number of ether oxygens (including phenoxy) is 2. The molecule has 0 aliphatic rings. The molecular formula is C24H23N5O3. The van der Waals surface area contributed by atoms with E-state index >= 15 is 0 Å². The maximum atomic E-state index is 13.2. The van der Waals surface area contributed by atoms with Crippen LogP contribution in [0.15, 0.2) is 67.0 Å². The number of hydrogen-bond donors (Lipinski definition) is 1. The molecule has 8 nitrogen and oxygen atoms in total. The highest BCUT2D eigenvalue weighted by Gasteiger charge is 2.19. The Morgan fingerprint density at radius 2 is 1.88 bits per heavy atom. The van der Waals surface area contributed by atoms with Crippen molar-refractivity contribution in [3.05, 3.63) is 83.7 Å². The number of nitrogens with one attached hydrogen (secondary N) is 1. The number of carbonyl (C=O) groups is 1. The Kier molecular flexibility index (Phi) is 6.12. The fraction of sp³-hybridized carbons (Fsp3) is 0.167. The van der Waals surface area contributed by atoms with Crippen molar-refractivity contribution in [1.29, 1.82) is 0 Å². The number of pyridine rings is 1. The first-order valence-corrected chi connectivity index (χ1v) is 10.0. The molecule has 0 bridgehead atoms. The lowest BCUT2D eigenvalue weighted by Gasteiger charge is -2.11. The normalized spacial score (nSPS) is 10.6. The molecule has 0 unspecified atom stereocenters. The van der Waals surface area contributed by atoms with Crippen molar-refractivity contribution in [3.8, 4) is 22.9 Å². The van der Waals surface area contributed by atoms with E-state index in [0.717, 1.165) is 16.7 Å². The highest BCUT2D eigenvalue weighted by Crippen LogP contribution is 2.28. The minimum Gasteiger partial charge on any atom is -0.493 e. The molecule has 32 heavy (non-hydrogen) atoms. The van der Waals surface area contributed by atoms with Crippen molar-refractivity contribution in [2.45, 2.75) is 13.5 Å². The van der Waals surface area contributed by atoms with Gasteiger partial charge in [-0.05, 0) is 48.9 Å². The van der Waals surface area contributed by atoms with Crippen LogP contribution in [0, 0.1) is 6.92 Å². The van der Waals surface area contributed by atoms with Crippen LogP contribution in [-0.2, 0) is 6.54 Å². The summed E-state index contributed by atoms with van der Waals surface area (Å²) in [5.74, 6) is 1.75. The lowest BCUT2D eigenvalue weighted by molar-refractivity contribution is 0.0947. The van der Waals surface area contributed by atoms with Crippen LogP contribution in [0.1, 0.15) is 21.5 Å². The summed E-state index contributed by atoms with van der Waals surface area (Å²) in [6.07, 6.45) is 3.34. The Hall–Kier alpha value is -4.20. The average molecular weight is 429 g/mol. The number of hydrogen-bond acceptors (Lipinski definition) is 7. The summed E-state index contributed by atoms with van der Waals surface area (Å²) < 4.78 is 12.0. The van der Waals surface area contributed by atoms with Crippen molar-refractivity contribution in [3.63, 3.8) is 0 Å². The summed E-state index contributed by atoms with van der Waals surface area (Å²) >= 11 is 0. The molecule has 0 aliphatic heterocycles. The van der Waals surface area contributed by atoms with Gasteiger partial charge in [0.25, 0.3) is 5.91 Å². The van der Waals surface area contributed by atoms with Crippen LogP contribution < -0.4 is 14.8 Å². The molecular weight excluding hydrogens is 406 g/mol. The van der Waals surface area contributed by atoms with Crippen LogP contribution >= 0.6 is 0 Å². The van der Waals surface area contributed by atoms with Gasteiger partial charge in [0, 0.05) is 30.1 Å². The Bertz CT molecular complexity index is 1240. The minimum absolute atomic E-state index is 0.272. The standard InChI is InChI=1S/C24H23N5O3/c1-16-6-4-7-18(12-16)23(30)29-24(27-22(28-29)19-8-5-11-25-15-19)26-14-17-9-10-20(31-2)21(13-17)32-3/h4-13,15H,14H2,1-3H3,(H,26,27,28). The number of rotatable bonds is 7. The smallest absolute Gasteiger partial charge is 0.281 e. The lowest BCUT2D eigenvalue weighted by Crippen LogP contribution is -2.17. The Morgan fingerprint density at radius 3 is 2.59 bits per heavy atom. The Balaban J connectivity index is 1.67. The maximum Gasteiger partial charge on any atom is 0.281 e. The molecule has 1 N–H and O–H groups in total. The van der Waals surface area contributed by atoms with Gasteiger partial charge in [-0.3, -0.25) is 9.78 Å². The van der Waals surface area contributed by atoms with Crippen LogP contribution in [0.5, 0.6) is 11.5 Å². The highest BCUT2D eigenvalue weighted by molar-refractivity contribution is 5.97. The topological polar surface area (TPSA) is 91.2 Å². The van der Waals surface area contributed by atoms with Crippen molar-refractivity contribution in [1.82, 2.24) is 19.7 Å². The number of benzene rings is 2. The van der Waals surface area contributed by atoms with E-state index in [1.54, 1.807) is 38.7 Å². The van der Waals surface area contributed by atoms with Gasteiger partial charge in [-0.1, -0.05) is 23.8 Å². The van der Waals surface area contributed by atoms with Crippen LogP contribution in [0.3, 0.4) is 0 Å². The van der Waals surface area contributed by atoms with Gasteiger partial charge in [0.15, 0.2) is 17.3 Å². The maximum absolute atomic E-state index is 13.2. The molecule has 4 aromatic rings. The average Bonchev–Trinajstić information content (AvgIpc) is 3.27. The van der Waals surface area contributed by atoms with E-state index in [1.165, 1.54) is 4.68 Å². The molecule has 2 heterocycles. The number of aromatic nitrogens is 4. The quantitative estimate of drug-likeness (QED) is 0.475. The fourth-order valence-electron chi connectivity index (χ4n) is 3.26. The molecule has 0 spiro atoms. The monoisotopic (exact) mass is 429 g/mol. The lowest BCUT2D eigenvalue weighted by atomic mass is 10.1. The molecule has 2 aromatic heterocycles. The van der Waals surface area contributed by atoms with Crippen LogP contribution in [-0.4, -0.2) is 39.9 Å². The van der Waals surface area contributed by atoms with Gasteiger partial charge in [-0.15, -0.1) is 5.10 Å². The van der Waals surface area contributed by atoms with E-state index in [1.807, 2.05) is 49.4 Å². The fourth-order valence-corrected chi connectivity index (χ4v) is 3.26. The summed E-state index contributed by atoms with van der Waals surface area (Å²) in [6.45, 7) is 2.35. The molecule has 0 amide bonds. The van der Waals surface area contributed by atoms with E-state index in [4.69, 9.17) is 9.47 Å². The molecule has 0 saturated heterocycles. The third kappa shape index (κ3) is 4.44. The predicted molar refractivity (Wildman–Crippen MR) is 121 cm³/mol. The van der Waals surface area contributed by atoms with Gasteiger partial charge in [0.1, 0.15) is 0 Å². The zero-order valence-electron chi connectivity index (χ0n) is 18.1. The zero-order valence-corrected chi connectivity index (χ0v) is 18.1. The third-order valence-electron chi connectivity index (χ3n) is 4.88. The molecule has 8 heteroatoms.